The number of carbonyl (C=O) groups excluding carboxylic acids is 2. The van der Waals surface area contributed by atoms with Gasteiger partial charge in [-0.2, -0.15) is 0 Å². The van der Waals surface area contributed by atoms with Crippen molar-refractivity contribution in [3.8, 4) is 0 Å². The fourth-order valence-electron chi connectivity index (χ4n) is 3.73. The number of allylic oxidation sites excluding steroid dienone is 3. The van der Waals surface area contributed by atoms with E-state index in [-0.39, 0.29) is 23.7 Å². The molecule has 1 aromatic rings. The smallest absolute Gasteiger partial charge is 0.251 e. The Morgan fingerprint density at radius 1 is 1.19 bits per heavy atom. The first-order valence-electron chi connectivity index (χ1n) is 10.3. The lowest BCUT2D eigenvalue weighted by molar-refractivity contribution is -0.118. The molecule has 0 fully saturated rings. The average molecular weight is 434 g/mol. The third-order valence-electron chi connectivity index (χ3n) is 5.48. The first-order valence-corrected chi connectivity index (χ1v) is 10.7. The topological polar surface area (TPSA) is 82.1 Å². The Morgan fingerprint density at radius 3 is 2.55 bits per heavy atom. The van der Waals surface area contributed by atoms with Crippen molar-refractivity contribution in [2.24, 2.45) is 5.92 Å². The van der Waals surface area contributed by atoms with Crippen LogP contribution < -0.4 is 10.6 Å². The van der Waals surface area contributed by atoms with Crippen LogP contribution in [0.5, 0.6) is 0 Å². The maximum Gasteiger partial charge on any atom is 0.251 e. The largest absolute Gasteiger partial charge is 0.349 e. The molecule has 1 aromatic carbocycles. The molecule has 0 saturated carbocycles. The minimum Gasteiger partial charge on any atom is -0.349 e. The molecule has 2 atom stereocenters. The Labute approximate surface area is 189 Å². The molecule has 5 nitrogen and oxygen atoms in total. The third kappa shape index (κ3) is 6.31. The number of carbonyl (C=O) groups is 2. The standard InChI is InChI=1S/C24H25BClN3O2/c1-15(17-8-10-18(11-9-17)22(27)29-24(25)31)28-23(30)21-5-3-2-4-19(21)14-16-6-12-20(26)13-7-16/h4-8,10-13,15,17H,2-3,9,14H2,1H3,(H,28,30)(H2,27,29,31)/t15-,17?/m0/s1. The highest BCUT2D eigenvalue weighted by molar-refractivity contribution is 6.58. The zero-order valence-corrected chi connectivity index (χ0v) is 18.2. The van der Waals surface area contributed by atoms with Crippen LogP contribution in [0.4, 0.5) is 4.79 Å². The van der Waals surface area contributed by atoms with Gasteiger partial charge in [0.2, 0.25) is 7.85 Å². The summed E-state index contributed by atoms with van der Waals surface area (Å²) in [5, 5.41) is 13.9. The molecule has 0 aromatic heterocycles. The molecule has 2 aliphatic rings. The Hall–Kier alpha value is -2.86. The maximum atomic E-state index is 13.0. The SMILES string of the molecule is [B]C(=O)NC(=N)C1=CCC([C@H](C)NC(=O)C2=CCCC=C2Cc2ccc(Cl)cc2)C=C1. The second kappa shape index (κ2) is 10.4. The summed E-state index contributed by atoms with van der Waals surface area (Å²) in [5.41, 5.74) is 3.49. The molecule has 0 aliphatic heterocycles. The van der Waals surface area contributed by atoms with Gasteiger partial charge in [0.25, 0.3) is 5.91 Å². The summed E-state index contributed by atoms with van der Waals surface area (Å²) < 4.78 is 0. The van der Waals surface area contributed by atoms with E-state index in [1.807, 2.05) is 49.4 Å². The molecule has 0 heterocycles. The van der Waals surface area contributed by atoms with E-state index in [9.17, 15) is 9.59 Å². The Bertz CT molecular complexity index is 993. The summed E-state index contributed by atoms with van der Waals surface area (Å²) in [7, 11) is 5.06. The van der Waals surface area contributed by atoms with Gasteiger partial charge in [-0.05, 0) is 55.9 Å². The van der Waals surface area contributed by atoms with Gasteiger partial charge in [0, 0.05) is 28.1 Å². The van der Waals surface area contributed by atoms with Crippen molar-refractivity contribution in [1.29, 1.82) is 5.41 Å². The Kier molecular flexibility index (Phi) is 7.69. The molecule has 2 amide bonds. The first kappa shape index (κ1) is 22.8. The zero-order valence-electron chi connectivity index (χ0n) is 17.5. The van der Waals surface area contributed by atoms with Gasteiger partial charge >= 0.3 is 0 Å². The minimum absolute atomic E-state index is 0.0248. The van der Waals surface area contributed by atoms with E-state index in [1.165, 1.54) is 0 Å². The van der Waals surface area contributed by atoms with E-state index in [2.05, 4.69) is 16.7 Å². The molecule has 0 bridgehead atoms. The van der Waals surface area contributed by atoms with E-state index in [4.69, 9.17) is 24.9 Å². The van der Waals surface area contributed by atoms with Crippen LogP contribution >= 0.6 is 11.6 Å². The summed E-state index contributed by atoms with van der Waals surface area (Å²) in [6.07, 6.45) is 12.9. The summed E-state index contributed by atoms with van der Waals surface area (Å²) in [6.45, 7) is 1.98. The fraction of sp³-hybridized carbons (Fsp3) is 0.292. The van der Waals surface area contributed by atoms with Gasteiger partial charge in [-0.25, -0.2) is 0 Å². The van der Waals surface area contributed by atoms with Crippen molar-refractivity contribution in [1.82, 2.24) is 10.6 Å². The Morgan fingerprint density at radius 2 is 1.90 bits per heavy atom. The van der Waals surface area contributed by atoms with E-state index in [1.54, 1.807) is 6.08 Å². The number of halogens is 1. The predicted octanol–water partition coefficient (Wildman–Crippen LogP) is 4.39. The van der Waals surface area contributed by atoms with E-state index >= 15 is 0 Å². The van der Waals surface area contributed by atoms with Crippen molar-refractivity contribution in [3.05, 3.63) is 82.0 Å². The molecule has 3 rings (SSSR count). The molecular formula is C24H25BClN3O2. The molecule has 31 heavy (non-hydrogen) atoms. The van der Waals surface area contributed by atoms with Crippen molar-refractivity contribution in [2.45, 2.75) is 38.6 Å². The number of amidine groups is 1. The van der Waals surface area contributed by atoms with E-state index in [0.717, 1.165) is 29.6 Å². The van der Waals surface area contributed by atoms with Crippen LogP contribution in [0.25, 0.3) is 0 Å². The number of hydrogen-bond acceptors (Lipinski definition) is 3. The number of nitrogens with one attached hydrogen (secondary N) is 3. The predicted molar refractivity (Wildman–Crippen MR) is 126 cm³/mol. The highest BCUT2D eigenvalue weighted by atomic mass is 35.5. The zero-order chi connectivity index (χ0) is 22.4. The van der Waals surface area contributed by atoms with Gasteiger partial charge in [-0.3, -0.25) is 15.0 Å². The highest BCUT2D eigenvalue weighted by Crippen LogP contribution is 2.25. The normalized spacial score (nSPS) is 18.9. The van der Waals surface area contributed by atoms with Crippen LogP contribution in [-0.2, 0) is 11.2 Å². The van der Waals surface area contributed by atoms with E-state index < -0.39 is 5.81 Å². The average Bonchev–Trinajstić information content (AvgIpc) is 2.75. The van der Waals surface area contributed by atoms with Crippen molar-refractivity contribution in [3.63, 3.8) is 0 Å². The van der Waals surface area contributed by atoms with Crippen LogP contribution in [0.1, 0.15) is 31.7 Å². The van der Waals surface area contributed by atoms with Crippen molar-refractivity contribution >= 4 is 37.0 Å². The van der Waals surface area contributed by atoms with E-state index in [0.29, 0.717) is 23.4 Å². The van der Waals surface area contributed by atoms with Gasteiger partial charge in [0.05, 0.1) is 0 Å². The van der Waals surface area contributed by atoms with Crippen molar-refractivity contribution in [2.75, 3.05) is 0 Å². The minimum atomic E-state index is -0.759. The second-order valence-electron chi connectivity index (χ2n) is 7.77. The van der Waals surface area contributed by atoms with Crippen LogP contribution in [0.15, 0.2) is 71.4 Å². The van der Waals surface area contributed by atoms with Gasteiger partial charge in [-0.1, -0.05) is 54.1 Å². The van der Waals surface area contributed by atoms with Crippen LogP contribution in [-0.4, -0.2) is 31.4 Å². The number of hydrogen-bond donors (Lipinski definition) is 3. The van der Waals surface area contributed by atoms with Gasteiger partial charge in [0.15, 0.2) is 5.81 Å². The molecule has 0 spiro atoms. The van der Waals surface area contributed by atoms with Gasteiger partial charge in [0.1, 0.15) is 5.84 Å². The number of amides is 2. The fourth-order valence-corrected chi connectivity index (χ4v) is 3.86. The van der Waals surface area contributed by atoms with Crippen molar-refractivity contribution < 1.29 is 9.59 Å². The van der Waals surface area contributed by atoms with Gasteiger partial charge in [-0.15, -0.1) is 0 Å². The Balaban J connectivity index is 1.59. The lowest BCUT2D eigenvalue weighted by Crippen LogP contribution is -2.39. The van der Waals surface area contributed by atoms with Gasteiger partial charge < -0.3 is 10.6 Å². The molecular weight excluding hydrogens is 409 g/mol. The molecule has 0 saturated heterocycles. The van der Waals surface area contributed by atoms with Crippen LogP contribution in [0, 0.1) is 11.3 Å². The lowest BCUT2D eigenvalue weighted by atomic mass is 9.89. The van der Waals surface area contributed by atoms with Crippen LogP contribution in [0.3, 0.4) is 0 Å². The number of benzene rings is 1. The highest BCUT2D eigenvalue weighted by Gasteiger charge is 2.23. The second-order valence-corrected chi connectivity index (χ2v) is 8.21. The molecule has 2 radical (unpaired) electrons. The summed E-state index contributed by atoms with van der Waals surface area (Å²) in [6, 6.07) is 7.61. The summed E-state index contributed by atoms with van der Waals surface area (Å²) in [4.78, 5) is 23.9. The summed E-state index contributed by atoms with van der Waals surface area (Å²) >= 11 is 5.98. The molecule has 1 unspecified atom stereocenters. The monoisotopic (exact) mass is 433 g/mol. The maximum absolute atomic E-state index is 13.0. The molecule has 2 aliphatic carbocycles. The quantitative estimate of drug-likeness (QED) is 0.353. The summed E-state index contributed by atoms with van der Waals surface area (Å²) in [5.74, 6) is -0.755. The third-order valence-corrected chi connectivity index (χ3v) is 5.73. The molecule has 7 heteroatoms. The first-order chi connectivity index (χ1) is 14.8. The molecule has 158 valence electrons. The number of rotatable bonds is 6. The lowest BCUT2D eigenvalue weighted by Gasteiger charge is -2.25. The van der Waals surface area contributed by atoms with Crippen LogP contribution in [0.2, 0.25) is 5.02 Å². The molecule has 3 N–H and O–H groups in total.